The van der Waals surface area contributed by atoms with Crippen LogP contribution in [-0.2, 0) is 6.42 Å². The minimum Gasteiger partial charge on any atom is -0.332 e. The highest BCUT2D eigenvalue weighted by molar-refractivity contribution is 4.96. The Hall–Kier alpha value is -0.790. The van der Waals surface area contributed by atoms with Gasteiger partial charge >= 0.3 is 0 Å². The van der Waals surface area contributed by atoms with E-state index in [-0.39, 0.29) is 0 Å². The molecule has 2 heteroatoms. The fourth-order valence-electron chi connectivity index (χ4n) is 1.43. The molecule has 0 aliphatic carbocycles. The molecule has 1 rings (SSSR count). The van der Waals surface area contributed by atoms with Gasteiger partial charge in [0.25, 0.3) is 0 Å². The topological polar surface area (TPSA) is 17.8 Å². The zero-order valence-corrected chi connectivity index (χ0v) is 9.33. The molecule has 0 aliphatic heterocycles. The SMILES string of the molecule is CC(C)n1ccnc1CC(C)(C)C. The zero-order valence-electron chi connectivity index (χ0n) is 9.33. The number of aromatic nitrogens is 2. The lowest BCUT2D eigenvalue weighted by Crippen LogP contribution is -2.15. The molecule has 0 radical (unpaired) electrons. The first-order valence-corrected chi connectivity index (χ1v) is 4.92. The van der Waals surface area contributed by atoms with E-state index in [2.05, 4.69) is 50.4 Å². The predicted molar refractivity (Wildman–Crippen MR) is 55.8 cm³/mol. The van der Waals surface area contributed by atoms with Crippen molar-refractivity contribution >= 4 is 0 Å². The molecule has 1 aromatic rings. The van der Waals surface area contributed by atoms with Crippen molar-refractivity contribution in [3.63, 3.8) is 0 Å². The van der Waals surface area contributed by atoms with E-state index in [0.717, 1.165) is 6.42 Å². The van der Waals surface area contributed by atoms with Crippen LogP contribution in [0.2, 0.25) is 0 Å². The molecule has 0 bridgehead atoms. The molecule has 0 fully saturated rings. The summed E-state index contributed by atoms with van der Waals surface area (Å²) in [4.78, 5) is 4.39. The summed E-state index contributed by atoms with van der Waals surface area (Å²) in [6.45, 7) is 11.1. The first kappa shape index (κ1) is 10.3. The highest BCUT2D eigenvalue weighted by Gasteiger charge is 2.15. The van der Waals surface area contributed by atoms with Crippen molar-refractivity contribution in [2.75, 3.05) is 0 Å². The van der Waals surface area contributed by atoms with E-state index in [1.165, 1.54) is 5.82 Å². The number of hydrogen-bond donors (Lipinski definition) is 0. The normalized spacial score (nSPS) is 12.5. The monoisotopic (exact) mass is 180 g/mol. The molecule has 0 unspecified atom stereocenters. The Morgan fingerprint density at radius 1 is 1.38 bits per heavy atom. The van der Waals surface area contributed by atoms with Crippen molar-refractivity contribution < 1.29 is 0 Å². The summed E-state index contributed by atoms with van der Waals surface area (Å²) in [6.07, 6.45) is 4.99. The molecule has 13 heavy (non-hydrogen) atoms. The summed E-state index contributed by atoms with van der Waals surface area (Å²) in [5, 5.41) is 0. The predicted octanol–water partition coefficient (Wildman–Crippen LogP) is 3.05. The molecule has 2 nitrogen and oxygen atoms in total. The van der Waals surface area contributed by atoms with Gasteiger partial charge in [-0.1, -0.05) is 20.8 Å². The Labute approximate surface area is 81.0 Å². The third-order valence-electron chi connectivity index (χ3n) is 1.99. The van der Waals surface area contributed by atoms with Crippen molar-refractivity contribution in [2.24, 2.45) is 5.41 Å². The van der Waals surface area contributed by atoms with E-state index in [4.69, 9.17) is 0 Å². The third-order valence-corrected chi connectivity index (χ3v) is 1.99. The summed E-state index contributed by atoms with van der Waals surface area (Å²) in [6, 6.07) is 0.514. The Bertz CT molecular complexity index is 266. The summed E-state index contributed by atoms with van der Waals surface area (Å²) in [7, 11) is 0. The van der Waals surface area contributed by atoms with Gasteiger partial charge in [-0.15, -0.1) is 0 Å². The van der Waals surface area contributed by atoms with Crippen molar-refractivity contribution in [3.8, 4) is 0 Å². The second kappa shape index (κ2) is 3.52. The maximum Gasteiger partial charge on any atom is 0.109 e. The fraction of sp³-hybridized carbons (Fsp3) is 0.727. The van der Waals surface area contributed by atoms with Crippen LogP contribution in [0.15, 0.2) is 12.4 Å². The van der Waals surface area contributed by atoms with Crippen LogP contribution in [-0.4, -0.2) is 9.55 Å². The molecule has 0 spiro atoms. The van der Waals surface area contributed by atoms with Gasteiger partial charge in [-0.05, 0) is 19.3 Å². The Morgan fingerprint density at radius 3 is 2.46 bits per heavy atom. The summed E-state index contributed by atoms with van der Waals surface area (Å²) in [5.74, 6) is 1.20. The van der Waals surface area contributed by atoms with Gasteiger partial charge in [0.1, 0.15) is 5.82 Å². The van der Waals surface area contributed by atoms with Gasteiger partial charge in [-0.25, -0.2) is 4.98 Å². The molecule has 0 amide bonds. The third kappa shape index (κ3) is 2.87. The maximum atomic E-state index is 4.39. The molecule has 0 aromatic carbocycles. The molecule has 0 N–H and O–H groups in total. The van der Waals surface area contributed by atoms with Crippen LogP contribution in [0.4, 0.5) is 0 Å². The largest absolute Gasteiger partial charge is 0.332 e. The van der Waals surface area contributed by atoms with Crippen LogP contribution in [0.1, 0.15) is 46.5 Å². The van der Waals surface area contributed by atoms with Gasteiger partial charge < -0.3 is 4.57 Å². The van der Waals surface area contributed by atoms with Gasteiger partial charge in [0.2, 0.25) is 0 Å². The summed E-state index contributed by atoms with van der Waals surface area (Å²) in [5.41, 5.74) is 0.317. The van der Waals surface area contributed by atoms with Crippen molar-refractivity contribution in [1.29, 1.82) is 0 Å². The maximum absolute atomic E-state index is 4.39. The number of imidazole rings is 1. The van der Waals surface area contributed by atoms with E-state index >= 15 is 0 Å². The lowest BCUT2D eigenvalue weighted by atomic mass is 9.92. The van der Waals surface area contributed by atoms with Crippen molar-refractivity contribution in [2.45, 2.75) is 47.1 Å². The minimum absolute atomic E-state index is 0.317. The summed E-state index contributed by atoms with van der Waals surface area (Å²) < 4.78 is 2.24. The van der Waals surface area contributed by atoms with E-state index in [0.29, 0.717) is 11.5 Å². The molecule has 0 saturated carbocycles. The van der Waals surface area contributed by atoms with Crippen LogP contribution < -0.4 is 0 Å². The van der Waals surface area contributed by atoms with E-state index in [9.17, 15) is 0 Å². The number of hydrogen-bond acceptors (Lipinski definition) is 1. The molecular formula is C11H20N2. The molecular weight excluding hydrogens is 160 g/mol. The van der Waals surface area contributed by atoms with Crippen LogP contribution >= 0.6 is 0 Å². The molecule has 0 saturated heterocycles. The highest BCUT2D eigenvalue weighted by Crippen LogP contribution is 2.21. The highest BCUT2D eigenvalue weighted by atomic mass is 15.1. The quantitative estimate of drug-likeness (QED) is 0.684. The Balaban J connectivity index is 2.83. The average Bonchev–Trinajstić information content (AvgIpc) is 2.31. The summed E-state index contributed by atoms with van der Waals surface area (Å²) >= 11 is 0. The van der Waals surface area contributed by atoms with Crippen molar-refractivity contribution in [3.05, 3.63) is 18.2 Å². The first-order valence-electron chi connectivity index (χ1n) is 4.92. The second-order valence-electron chi connectivity index (χ2n) is 5.08. The molecule has 0 atom stereocenters. The molecule has 0 aliphatic rings. The van der Waals surface area contributed by atoms with Crippen LogP contribution in [0.3, 0.4) is 0 Å². The van der Waals surface area contributed by atoms with E-state index in [1.54, 1.807) is 0 Å². The second-order valence-corrected chi connectivity index (χ2v) is 5.08. The van der Waals surface area contributed by atoms with E-state index in [1.807, 2.05) is 6.20 Å². The molecule has 1 aromatic heterocycles. The first-order chi connectivity index (χ1) is 5.90. The lowest BCUT2D eigenvalue weighted by Gasteiger charge is -2.19. The van der Waals surface area contributed by atoms with Gasteiger partial charge in [-0.3, -0.25) is 0 Å². The zero-order chi connectivity index (χ0) is 10.1. The molecule has 74 valence electrons. The van der Waals surface area contributed by atoms with Gasteiger partial charge in [0.15, 0.2) is 0 Å². The lowest BCUT2D eigenvalue weighted by molar-refractivity contribution is 0.386. The van der Waals surface area contributed by atoms with Gasteiger partial charge in [-0.2, -0.15) is 0 Å². The Morgan fingerprint density at radius 2 is 2.00 bits per heavy atom. The average molecular weight is 180 g/mol. The van der Waals surface area contributed by atoms with Gasteiger partial charge in [0, 0.05) is 24.9 Å². The fourth-order valence-corrected chi connectivity index (χ4v) is 1.43. The van der Waals surface area contributed by atoms with Gasteiger partial charge in [0.05, 0.1) is 0 Å². The van der Waals surface area contributed by atoms with Crippen molar-refractivity contribution in [1.82, 2.24) is 9.55 Å². The van der Waals surface area contributed by atoms with E-state index < -0.39 is 0 Å². The smallest absolute Gasteiger partial charge is 0.109 e. The number of nitrogens with zero attached hydrogens (tertiary/aromatic N) is 2. The molecule has 1 heterocycles. The minimum atomic E-state index is 0.317. The van der Waals surface area contributed by atoms with Crippen LogP contribution in [0.5, 0.6) is 0 Å². The Kier molecular flexibility index (Phi) is 2.79. The van der Waals surface area contributed by atoms with Crippen LogP contribution in [0.25, 0.3) is 0 Å². The van der Waals surface area contributed by atoms with Crippen LogP contribution in [0, 0.1) is 5.41 Å². The number of rotatable bonds is 2. The standard InChI is InChI=1S/C11H20N2/c1-9(2)13-7-6-12-10(13)8-11(3,4)5/h6-7,9H,8H2,1-5H3.